The van der Waals surface area contributed by atoms with Crippen molar-refractivity contribution in [2.45, 2.75) is 13.0 Å². The van der Waals surface area contributed by atoms with Crippen LogP contribution in [0.15, 0.2) is 48.5 Å². The van der Waals surface area contributed by atoms with Crippen LogP contribution in [0.3, 0.4) is 0 Å². The molecule has 0 atom stereocenters. The average Bonchev–Trinajstić information content (AvgIpc) is 2.60. The van der Waals surface area contributed by atoms with Crippen LogP contribution in [-0.4, -0.2) is 34.2 Å². The number of halogens is 1. The molecule has 1 amide bonds. The summed E-state index contributed by atoms with van der Waals surface area (Å²) in [7, 11) is -2.16. The van der Waals surface area contributed by atoms with Gasteiger partial charge in [-0.3, -0.25) is 9.10 Å². The quantitative estimate of drug-likeness (QED) is 0.763. The van der Waals surface area contributed by atoms with E-state index in [4.69, 9.17) is 4.74 Å². The minimum Gasteiger partial charge on any atom is -0.495 e. The van der Waals surface area contributed by atoms with Gasteiger partial charge in [-0.05, 0) is 18.2 Å². The summed E-state index contributed by atoms with van der Waals surface area (Å²) < 4.78 is 44.1. The van der Waals surface area contributed by atoms with Gasteiger partial charge in [0.25, 0.3) is 0 Å². The van der Waals surface area contributed by atoms with Crippen molar-refractivity contribution in [1.29, 1.82) is 0 Å². The van der Waals surface area contributed by atoms with E-state index in [0.29, 0.717) is 17.0 Å². The maximum absolute atomic E-state index is 13.6. The molecule has 2 aromatic carbocycles. The first-order valence-electron chi connectivity index (χ1n) is 7.93. The van der Waals surface area contributed by atoms with Crippen LogP contribution in [0.25, 0.3) is 0 Å². The van der Waals surface area contributed by atoms with Gasteiger partial charge in [0, 0.05) is 25.1 Å². The molecule has 0 bridgehead atoms. The van der Waals surface area contributed by atoms with E-state index in [1.54, 1.807) is 42.5 Å². The highest BCUT2D eigenvalue weighted by Crippen LogP contribution is 2.29. The minimum atomic E-state index is -3.61. The summed E-state index contributed by atoms with van der Waals surface area (Å²) in [4.78, 5) is 12.1. The molecule has 26 heavy (non-hydrogen) atoms. The Morgan fingerprint density at radius 1 is 1.15 bits per heavy atom. The Balaban J connectivity index is 2.04. The zero-order chi connectivity index (χ0) is 19.2. The van der Waals surface area contributed by atoms with Gasteiger partial charge in [-0.1, -0.05) is 30.3 Å². The number of ether oxygens (including phenoxy) is 1. The number of benzene rings is 2. The second-order valence-electron chi connectivity index (χ2n) is 5.63. The van der Waals surface area contributed by atoms with E-state index >= 15 is 0 Å². The first-order valence-corrected chi connectivity index (χ1v) is 9.78. The summed E-state index contributed by atoms with van der Waals surface area (Å²) in [6, 6.07) is 12.8. The third-order valence-corrected chi connectivity index (χ3v) is 4.91. The first-order chi connectivity index (χ1) is 12.3. The summed E-state index contributed by atoms with van der Waals surface area (Å²) >= 11 is 0. The number of carbonyl (C=O) groups excluding carboxylic acids is 1. The molecule has 0 aliphatic heterocycles. The van der Waals surface area contributed by atoms with Gasteiger partial charge in [0.05, 0.1) is 19.1 Å². The van der Waals surface area contributed by atoms with Crippen molar-refractivity contribution < 1.29 is 22.3 Å². The van der Waals surface area contributed by atoms with E-state index in [0.717, 1.165) is 10.6 Å². The number of hydrogen-bond acceptors (Lipinski definition) is 4. The van der Waals surface area contributed by atoms with Gasteiger partial charge in [0.1, 0.15) is 11.6 Å². The number of carbonyl (C=O) groups is 1. The van der Waals surface area contributed by atoms with Crippen LogP contribution in [0, 0.1) is 5.82 Å². The van der Waals surface area contributed by atoms with Crippen molar-refractivity contribution in [2.24, 2.45) is 0 Å². The van der Waals surface area contributed by atoms with Gasteiger partial charge in [0.2, 0.25) is 15.9 Å². The van der Waals surface area contributed by atoms with Gasteiger partial charge in [0.15, 0.2) is 0 Å². The van der Waals surface area contributed by atoms with Crippen LogP contribution in [0.4, 0.5) is 10.1 Å². The molecule has 0 aliphatic rings. The van der Waals surface area contributed by atoms with Crippen molar-refractivity contribution in [3.8, 4) is 5.75 Å². The molecular formula is C18H21FN2O4S. The van der Waals surface area contributed by atoms with Gasteiger partial charge in [-0.25, -0.2) is 12.8 Å². The van der Waals surface area contributed by atoms with Crippen molar-refractivity contribution in [1.82, 2.24) is 5.32 Å². The van der Waals surface area contributed by atoms with Crippen LogP contribution in [0.1, 0.15) is 12.0 Å². The summed E-state index contributed by atoms with van der Waals surface area (Å²) in [5, 5.41) is 2.59. The molecule has 0 heterocycles. The Kier molecular flexibility index (Phi) is 6.57. The van der Waals surface area contributed by atoms with E-state index in [-0.39, 0.29) is 25.4 Å². The molecule has 0 unspecified atom stereocenters. The van der Waals surface area contributed by atoms with Crippen molar-refractivity contribution in [3.05, 3.63) is 59.9 Å². The number of para-hydroxylation sites is 2. The molecule has 0 aromatic heterocycles. The maximum Gasteiger partial charge on any atom is 0.232 e. The molecule has 0 saturated carbocycles. The topological polar surface area (TPSA) is 75.7 Å². The van der Waals surface area contributed by atoms with E-state index < -0.39 is 15.8 Å². The summed E-state index contributed by atoms with van der Waals surface area (Å²) in [5.74, 6) is -0.388. The highest BCUT2D eigenvalue weighted by molar-refractivity contribution is 7.92. The molecule has 140 valence electrons. The molecule has 1 N–H and O–H groups in total. The second-order valence-corrected chi connectivity index (χ2v) is 7.53. The average molecular weight is 380 g/mol. The normalized spacial score (nSPS) is 11.0. The number of nitrogens with zero attached hydrogens (tertiary/aromatic N) is 1. The highest BCUT2D eigenvalue weighted by atomic mass is 32.2. The van der Waals surface area contributed by atoms with Crippen LogP contribution >= 0.6 is 0 Å². The van der Waals surface area contributed by atoms with Gasteiger partial charge in [-0.15, -0.1) is 0 Å². The summed E-state index contributed by atoms with van der Waals surface area (Å²) in [5.41, 5.74) is 0.727. The third-order valence-electron chi connectivity index (χ3n) is 3.73. The lowest BCUT2D eigenvalue weighted by atomic mass is 10.2. The summed E-state index contributed by atoms with van der Waals surface area (Å²) in [6.45, 7) is -0.0125. The van der Waals surface area contributed by atoms with Gasteiger partial charge >= 0.3 is 0 Å². The zero-order valence-corrected chi connectivity index (χ0v) is 15.4. The van der Waals surface area contributed by atoms with Crippen LogP contribution in [-0.2, 0) is 21.4 Å². The largest absolute Gasteiger partial charge is 0.495 e. The Hall–Kier alpha value is -2.61. The monoisotopic (exact) mass is 380 g/mol. The number of nitrogens with one attached hydrogen (secondary N) is 1. The number of hydrogen-bond donors (Lipinski definition) is 1. The van der Waals surface area contributed by atoms with E-state index in [2.05, 4.69) is 5.32 Å². The predicted molar refractivity (Wildman–Crippen MR) is 98.0 cm³/mol. The van der Waals surface area contributed by atoms with Crippen LogP contribution in [0.2, 0.25) is 0 Å². The lowest BCUT2D eigenvalue weighted by molar-refractivity contribution is -0.121. The lowest BCUT2D eigenvalue weighted by Gasteiger charge is -2.24. The Labute approximate surface area is 152 Å². The summed E-state index contributed by atoms with van der Waals surface area (Å²) in [6.07, 6.45) is 0.996. The Morgan fingerprint density at radius 3 is 2.46 bits per heavy atom. The van der Waals surface area contributed by atoms with Crippen molar-refractivity contribution in [3.63, 3.8) is 0 Å². The molecule has 6 nitrogen and oxygen atoms in total. The zero-order valence-electron chi connectivity index (χ0n) is 14.6. The Morgan fingerprint density at radius 2 is 1.81 bits per heavy atom. The third kappa shape index (κ3) is 5.19. The molecule has 2 rings (SSSR count). The fourth-order valence-electron chi connectivity index (χ4n) is 2.43. The molecule has 0 fully saturated rings. The molecule has 0 spiro atoms. The fraction of sp³-hybridized carbons (Fsp3) is 0.278. The van der Waals surface area contributed by atoms with Crippen LogP contribution < -0.4 is 14.4 Å². The number of anilines is 1. The molecule has 0 radical (unpaired) electrons. The SMILES string of the molecule is COc1ccccc1N(CCC(=O)NCc1ccccc1F)S(C)(=O)=O. The smallest absolute Gasteiger partial charge is 0.232 e. The van der Waals surface area contributed by atoms with Gasteiger partial charge < -0.3 is 10.1 Å². The molecule has 0 aliphatic carbocycles. The van der Waals surface area contributed by atoms with Crippen molar-refractivity contribution in [2.75, 3.05) is 24.2 Å². The Bertz CT molecular complexity index is 871. The molecule has 8 heteroatoms. The lowest BCUT2D eigenvalue weighted by Crippen LogP contribution is -2.34. The molecule has 2 aromatic rings. The number of methoxy groups -OCH3 is 1. The second kappa shape index (κ2) is 8.66. The fourth-order valence-corrected chi connectivity index (χ4v) is 3.36. The number of sulfonamides is 1. The number of amides is 1. The number of rotatable bonds is 8. The highest BCUT2D eigenvalue weighted by Gasteiger charge is 2.21. The molecule has 0 saturated heterocycles. The minimum absolute atomic E-state index is 0.0407. The van der Waals surface area contributed by atoms with Gasteiger partial charge in [-0.2, -0.15) is 0 Å². The van der Waals surface area contributed by atoms with E-state index in [1.165, 1.54) is 13.2 Å². The van der Waals surface area contributed by atoms with Crippen LogP contribution in [0.5, 0.6) is 5.75 Å². The standard InChI is InChI=1S/C18H21FN2O4S/c1-25-17-10-6-5-9-16(17)21(26(2,23)24)12-11-18(22)20-13-14-7-3-4-8-15(14)19/h3-10H,11-13H2,1-2H3,(H,20,22). The van der Waals surface area contributed by atoms with E-state index in [9.17, 15) is 17.6 Å². The van der Waals surface area contributed by atoms with E-state index in [1.807, 2.05) is 0 Å². The molecular weight excluding hydrogens is 359 g/mol. The predicted octanol–water partition coefficient (Wildman–Crippen LogP) is 2.31. The first kappa shape index (κ1) is 19.7. The maximum atomic E-state index is 13.6. The van der Waals surface area contributed by atoms with Crippen molar-refractivity contribution >= 4 is 21.6 Å².